The topological polar surface area (TPSA) is 105 Å². The highest BCUT2D eigenvalue weighted by molar-refractivity contribution is 7.98. The summed E-state index contributed by atoms with van der Waals surface area (Å²) in [6.07, 6.45) is 2.35. The SMILES string of the molecule is CSc1nc(NN)cc(NC2CNC(=O)C2)n1. The van der Waals surface area contributed by atoms with E-state index in [1.807, 2.05) is 6.26 Å². The van der Waals surface area contributed by atoms with Gasteiger partial charge in [0.15, 0.2) is 5.16 Å². The van der Waals surface area contributed by atoms with Crippen molar-refractivity contribution < 1.29 is 4.79 Å². The van der Waals surface area contributed by atoms with Crippen LogP contribution in [0.3, 0.4) is 0 Å². The molecule has 2 heterocycles. The fraction of sp³-hybridized carbons (Fsp3) is 0.444. The lowest BCUT2D eigenvalue weighted by Gasteiger charge is -2.12. The predicted octanol–water partition coefficient (Wildman–Crippen LogP) is -0.215. The molecule has 92 valence electrons. The lowest BCUT2D eigenvalue weighted by molar-refractivity contribution is -0.119. The van der Waals surface area contributed by atoms with Gasteiger partial charge in [0, 0.05) is 19.0 Å². The van der Waals surface area contributed by atoms with Gasteiger partial charge in [-0.3, -0.25) is 4.79 Å². The summed E-state index contributed by atoms with van der Waals surface area (Å²) in [5.41, 5.74) is 2.49. The van der Waals surface area contributed by atoms with E-state index in [1.54, 1.807) is 6.07 Å². The van der Waals surface area contributed by atoms with Crippen LogP contribution >= 0.6 is 11.8 Å². The van der Waals surface area contributed by atoms with E-state index in [0.29, 0.717) is 29.8 Å². The molecule has 1 atom stereocenters. The van der Waals surface area contributed by atoms with Crippen molar-refractivity contribution in [1.29, 1.82) is 0 Å². The van der Waals surface area contributed by atoms with E-state index in [1.165, 1.54) is 11.8 Å². The van der Waals surface area contributed by atoms with Crippen LogP contribution in [0, 0.1) is 0 Å². The molecule has 5 N–H and O–H groups in total. The minimum atomic E-state index is 0.0545. The number of rotatable bonds is 4. The summed E-state index contributed by atoms with van der Waals surface area (Å²) >= 11 is 1.43. The smallest absolute Gasteiger partial charge is 0.222 e. The fourth-order valence-corrected chi connectivity index (χ4v) is 1.96. The van der Waals surface area contributed by atoms with Crippen molar-refractivity contribution in [2.45, 2.75) is 17.6 Å². The molecular formula is C9H14N6OS. The number of thioether (sulfide) groups is 1. The fourth-order valence-electron chi connectivity index (χ4n) is 1.58. The van der Waals surface area contributed by atoms with Crippen LogP contribution in [0.4, 0.5) is 11.6 Å². The summed E-state index contributed by atoms with van der Waals surface area (Å²) in [6.45, 7) is 0.614. The molecule has 0 bridgehead atoms. The number of amides is 1. The quantitative estimate of drug-likeness (QED) is 0.255. The predicted molar refractivity (Wildman–Crippen MR) is 66.7 cm³/mol. The van der Waals surface area contributed by atoms with E-state index in [0.717, 1.165) is 0 Å². The number of nitrogens with zero attached hydrogens (tertiary/aromatic N) is 2. The van der Waals surface area contributed by atoms with E-state index in [2.05, 4.69) is 26.0 Å². The maximum Gasteiger partial charge on any atom is 0.222 e. The standard InChI is InChI=1S/C9H14N6OS/c1-17-9-13-6(3-7(14-9)15-10)12-5-2-8(16)11-4-5/h3,5H,2,4,10H2,1H3,(H,11,16)(H2,12,13,14,15). The molecule has 1 saturated heterocycles. The molecule has 1 aromatic heterocycles. The van der Waals surface area contributed by atoms with Gasteiger partial charge in [-0.15, -0.1) is 0 Å². The lowest BCUT2D eigenvalue weighted by atomic mass is 10.2. The number of hydrogen-bond donors (Lipinski definition) is 4. The monoisotopic (exact) mass is 254 g/mol. The first kappa shape index (κ1) is 11.9. The Morgan fingerprint density at radius 3 is 2.88 bits per heavy atom. The van der Waals surface area contributed by atoms with Gasteiger partial charge in [-0.05, 0) is 6.26 Å². The van der Waals surface area contributed by atoms with Crippen molar-refractivity contribution in [3.63, 3.8) is 0 Å². The summed E-state index contributed by atoms with van der Waals surface area (Å²) in [5, 5.41) is 6.56. The first-order valence-electron chi connectivity index (χ1n) is 5.14. The number of carbonyl (C=O) groups is 1. The third-order valence-corrected chi connectivity index (χ3v) is 2.91. The Balaban J connectivity index is 2.11. The minimum absolute atomic E-state index is 0.0545. The Morgan fingerprint density at radius 1 is 1.53 bits per heavy atom. The van der Waals surface area contributed by atoms with Crippen LogP contribution in [0.15, 0.2) is 11.2 Å². The number of hydrazine groups is 1. The molecule has 0 spiro atoms. The summed E-state index contributed by atoms with van der Waals surface area (Å²) < 4.78 is 0. The maximum atomic E-state index is 11.1. The highest BCUT2D eigenvalue weighted by Crippen LogP contribution is 2.18. The van der Waals surface area contributed by atoms with E-state index in [9.17, 15) is 4.79 Å². The maximum absolute atomic E-state index is 11.1. The third kappa shape index (κ3) is 2.98. The van der Waals surface area contributed by atoms with Gasteiger partial charge in [-0.2, -0.15) is 0 Å². The van der Waals surface area contributed by atoms with Crippen molar-refractivity contribution in [2.75, 3.05) is 23.5 Å². The van der Waals surface area contributed by atoms with Gasteiger partial charge >= 0.3 is 0 Å². The van der Waals surface area contributed by atoms with Crippen LogP contribution in [-0.2, 0) is 4.79 Å². The molecule has 1 amide bonds. The molecule has 1 fully saturated rings. The summed E-state index contributed by atoms with van der Waals surface area (Å²) in [6, 6.07) is 1.78. The number of nitrogen functional groups attached to an aromatic ring is 1. The number of hydrogen-bond acceptors (Lipinski definition) is 7. The Morgan fingerprint density at radius 2 is 2.29 bits per heavy atom. The molecule has 17 heavy (non-hydrogen) atoms. The zero-order valence-electron chi connectivity index (χ0n) is 9.36. The average molecular weight is 254 g/mol. The average Bonchev–Trinajstić information content (AvgIpc) is 2.74. The normalized spacial score (nSPS) is 18.9. The molecule has 2 rings (SSSR count). The number of anilines is 2. The molecule has 0 aliphatic carbocycles. The first-order valence-corrected chi connectivity index (χ1v) is 6.36. The van der Waals surface area contributed by atoms with E-state index in [-0.39, 0.29) is 11.9 Å². The van der Waals surface area contributed by atoms with Gasteiger partial charge in [0.2, 0.25) is 5.91 Å². The Labute approximate surface area is 103 Å². The van der Waals surface area contributed by atoms with Crippen LogP contribution in [-0.4, -0.2) is 34.7 Å². The Kier molecular flexibility index (Phi) is 3.64. The zero-order chi connectivity index (χ0) is 12.3. The number of nitrogens with two attached hydrogens (primary N) is 1. The largest absolute Gasteiger partial charge is 0.365 e. The van der Waals surface area contributed by atoms with Crippen molar-refractivity contribution >= 4 is 29.3 Å². The highest BCUT2D eigenvalue weighted by Gasteiger charge is 2.21. The number of nitrogens with one attached hydrogen (secondary N) is 3. The molecule has 0 aromatic carbocycles. The lowest BCUT2D eigenvalue weighted by Crippen LogP contribution is -2.23. The van der Waals surface area contributed by atoms with Gasteiger partial charge < -0.3 is 16.1 Å². The van der Waals surface area contributed by atoms with E-state index in [4.69, 9.17) is 5.84 Å². The first-order chi connectivity index (χ1) is 8.21. The second-order valence-electron chi connectivity index (χ2n) is 3.62. The number of carbonyl (C=O) groups excluding carboxylic acids is 1. The van der Waals surface area contributed by atoms with Crippen LogP contribution in [0.25, 0.3) is 0 Å². The van der Waals surface area contributed by atoms with Crippen molar-refractivity contribution in [3.8, 4) is 0 Å². The van der Waals surface area contributed by atoms with Gasteiger partial charge in [-0.1, -0.05) is 11.8 Å². The summed E-state index contributed by atoms with van der Waals surface area (Å²) in [7, 11) is 0. The second-order valence-corrected chi connectivity index (χ2v) is 4.39. The highest BCUT2D eigenvalue weighted by atomic mass is 32.2. The van der Waals surface area contributed by atoms with Crippen LogP contribution in [0.1, 0.15) is 6.42 Å². The minimum Gasteiger partial charge on any atom is -0.365 e. The van der Waals surface area contributed by atoms with Gasteiger partial charge in [0.1, 0.15) is 11.6 Å². The van der Waals surface area contributed by atoms with Gasteiger partial charge in [0.25, 0.3) is 0 Å². The molecule has 0 radical (unpaired) electrons. The van der Waals surface area contributed by atoms with Crippen molar-refractivity contribution in [3.05, 3.63) is 6.07 Å². The molecule has 1 aliphatic heterocycles. The Bertz CT molecular complexity index is 404. The van der Waals surface area contributed by atoms with Crippen LogP contribution in [0.2, 0.25) is 0 Å². The van der Waals surface area contributed by atoms with Gasteiger partial charge in [-0.25, -0.2) is 15.8 Å². The van der Waals surface area contributed by atoms with Gasteiger partial charge in [0.05, 0.1) is 6.04 Å². The van der Waals surface area contributed by atoms with Crippen LogP contribution < -0.4 is 21.9 Å². The molecule has 1 aliphatic rings. The molecule has 7 nitrogen and oxygen atoms in total. The zero-order valence-corrected chi connectivity index (χ0v) is 10.2. The second kappa shape index (κ2) is 5.19. The summed E-state index contributed by atoms with van der Waals surface area (Å²) in [5.74, 6) is 6.59. The molecule has 1 aromatic rings. The molecular weight excluding hydrogens is 240 g/mol. The van der Waals surface area contributed by atoms with E-state index < -0.39 is 0 Å². The third-order valence-electron chi connectivity index (χ3n) is 2.37. The molecule has 0 saturated carbocycles. The van der Waals surface area contributed by atoms with Crippen molar-refractivity contribution in [1.82, 2.24) is 15.3 Å². The number of aromatic nitrogens is 2. The van der Waals surface area contributed by atoms with Crippen LogP contribution in [0.5, 0.6) is 0 Å². The Hall–Kier alpha value is -1.54. The molecule has 8 heteroatoms. The van der Waals surface area contributed by atoms with E-state index >= 15 is 0 Å². The summed E-state index contributed by atoms with van der Waals surface area (Å²) in [4.78, 5) is 19.5. The molecule has 1 unspecified atom stereocenters. The van der Waals surface area contributed by atoms with Crippen molar-refractivity contribution in [2.24, 2.45) is 5.84 Å².